The summed E-state index contributed by atoms with van der Waals surface area (Å²) in [6.07, 6.45) is 4.98. The molecule has 0 fully saturated rings. The highest BCUT2D eigenvalue weighted by molar-refractivity contribution is 4.92. The van der Waals surface area contributed by atoms with E-state index in [-0.39, 0.29) is 0 Å². The predicted molar refractivity (Wildman–Crippen MR) is 53.8 cm³/mol. The summed E-state index contributed by atoms with van der Waals surface area (Å²) in [7, 11) is 0. The number of allylic oxidation sites excluding steroid dienone is 1. The summed E-state index contributed by atoms with van der Waals surface area (Å²) in [4.78, 5) is 0. The van der Waals surface area contributed by atoms with Crippen molar-refractivity contribution in [2.24, 2.45) is 0 Å². The van der Waals surface area contributed by atoms with E-state index in [2.05, 4.69) is 40.0 Å². The number of hydrogen-bond donors (Lipinski definition) is 0. The Morgan fingerprint density at radius 3 is 1.64 bits per heavy atom. The first kappa shape index (κ1) is 13.1. The van der Waals surface area contributed by atoms with Crippen LogP contribution in [0.5, 0.6) is 0 Å². The SMILES string of the molecule is C=C=C(C)CCC.CCCC. The molecule has 0 amide bonds. The van der Waals surface area contributed by atoms with E-state index in [0.29, 0.717) is 0 Å². The monoisotopic (exact) mass is 154 g/mol. The molecule has 0 rings (SSSR count). The van der Waals surface area contributed by atoms with Gasteiger partial charge in [-0.1, -0.05) is 46.6 Å². The second kappa shape index (κ2) is 12.2. The Morgan fingerprint density at radius 2 is 1.55 bits per heavy atom. The lowest BCUT2D eigenvalue weighted by Crippen LogP contribution is -1.68. The van der Waals surface area contributed by atoms with Crippen LogP contribution in [0.25, 0.3) is 0 Å². The molecule has 0 aromatic carbocycles. The van der Waals surface area contributed by atoms with E-state index < -0.39 is 0 Å². The molecule has 0 unspecified atom stereocenters. The van der Waals surface area contributed by atoms with E-state index in [1.165, 1.54) is 24.8 Å². The van der Waals surface area contributed by atoms with Crippen LogP contribution in [0.4, 0.5) is 0 Å². The Bertz CT molecular complexity index is 103. The lowest BCUT2D eigenvalue weighted by atomic mass is 10.2. The van der Waals surface area contributed by atoms with Crippen LogP contribution in [0, 0.1) is 0 Å². The first-order valence-electron chi connectivity index (χ1n) is 4.58. The molecular formula is C11H22. The normalized spacial score (nSPS) is 7.64. The van der Waals surface area contributed by atoms with Gasteiger partial charge in [0.15, 0.2) is 0 Å². The third-order valence-corrected chi connectivity index (χ3v) is 1.43. The summed E-state index contributed by atoms with van der Waals surface area (Å²) in [5.74, 6) is 0. The Balaban J connectivity index is 0. The van der Waals surface area contributed by atoms with Crippen molar-refractivity contribution in [3.8, 4) is 0 Å². The van der Waals surface area contributed by atoms with Gasteiger partial charge in [-0.2, -0.15) is 0 Å². The second-order valence-corrected chi connectivity index (χ2v) is 2.71. The van der Waals surface area contributed by atoms with Gasteiger partial charge in [0.1, 0.15) is 0 Å². The summed E-state index contributed by atoms with van der Waals surface area (Å²) < 4.78 is 0. The summed E-state index contributed by atoms with van der Waals surface area (Å²) >= 11 is 0. The molecule has 0 bridgehead atoms. The lowest BCUT2D eigenvalue weighted by molar-refractivity contribution is 0.886. The molecule has 0 aliphatic rings. The van der Waals surface area contributed by atoms with Crippen LogP contribution in [-0.2, 0) is 0 Å². The van der Waals surface area contributed by atoms with Crippen molar-refractivity contribution in [3.05, 3.63) is 17.9 Å². The highest BCUT2D eigenvalue weighted by atomic mass is 13.8. The van der Waals surface area contributed by atoms with Crippen LogP contribution in [0.15, 0.2) is 17.9 Å². The Labute approximate surface area is 72.0 Å². The minimum atomic E-state index is 1.14. The quantitative estimate of drug-likeness (QED) is 0.531. The minimum absolute atomic E-state index is 1.14. The Hall–Kier alpha value is -0.480. The van der Waals surface area contributed by atoms with Gasteiger partial charge in [-0.3, -0.25) is 0 Å². The van der Waals surface area contributed by atoms with E-state index in [4.69, 9.17) is 0 Å². The zero-order valence-corrected chi connectivity index (χ0v) is 8.54. The molecule has 0 N–H and O–H groups in total. The first-order chi connectivity index (χ1) is 5.22. The van der Waals surface area contributed by atoms with E-state index in [9.17, 15) is 0 Å². The molecular weight excluding hydrogens is 132 g/mol. The molecule has 0 aliphatic heterocycles. The zero-order valence-electron chi connectivity index (χ0n) is 8.54. The maximum Gasteiger partial charge on any atom is -0.0250 e. The standard InChI is InChI=1S/C7H12.C4H10/c1-4-6-7(3)5-2;1-3-4-2/h2,4,6H2,1,3H3;3-4H2,1-2H3. The maximum absolute atomic E-state index is 3.52. The molecule has 0 heteroatoms. The van der Waals surface area contributed by atoms with Crippen LogP contribution in [0.3, 0.4) is 0 Å². The summed E-state index contributed by atoms with van der Waals surface area (Å²) in [6, 6.07) is 0. The first-order valence-corrected chi connectivity index (χ1v) is 4.58. The topological polar surface area (TPSA) is 0 Å². The highest BCUT2D eigenvalue weighted by Crippen LogP contribution is 1.98. The molecule has 0 heterocycles. The van der Waals surface area contributed by atoms with E-state index in [1.54, 1.807) is 0 Å². The molecule has 0 atom stereocenters. The average Bonchev–Trinajstić information content (AvgIpc) is 2.05. The van der Waals surface area contributed by atoms with Gasteiger partial charge in [-0.15, -0.1) is 5.73 Å². The van der Waals surface area contributed by atoms with Gasteiger partial charge < -0.3 is 0 Å². The minimum Gasteiger partial charge on any atom is -0.130 e. The number of rotatable bonds is 3. The highest BCUT2D eigenvalue weighted by Gasteiger charge is 1.79. The lowest BCUT2D eigenvalue weighted by Gasteiger charge is -1.87. The van der Waals surface area contributed by atoms with Crippen molar-refractivity contribution in [2.45, 2.75) is 53.4 Å². The molecule has 0 nitrogen and oxygen atoms in total. The number of hydrogen-bond acceptors (Lipinski definition) is 0. The van der Waals surface area contributed by atoms with Crippen molar-refractivity contribution in [2.75, 3.05) is 0 Å². The fourth-order valence-electron chi connectivity index (χ4n) is 0.463. The van der Waals surface area contributed by atoms with Crippen molar-refractivity contribution in [1.29, 1.82) is 0 Å². The van der Waals surface area contributed by atoms with Gasteiger partial charge in [0.25, 0.3) is 0 Å². The smallest absolute Gasteiger partial charge is 0.0250 e. The zero-order chi connectivity index (χ0) is 9.11. The van der Waals surface area contributed by atoms with Gasteiger partial charge in [0.2, 0.25) is 0 Å². The second-order valence-electron chi connectivity index (χ2n) is 2.71. The summed E-state index contributed by atoms with van der Waals surface area (Å²) in [6.45, 7) is 12.1. The Morgan fingerprint density at radius 1 is 1.09 bits per heavy atom. The third-order valence-electron chi connectivity index (χ3n) is 1.43. The summed E-state index contributed by atoms with van der Waals surface area (Å²) in [5.41, 5.74) is 4.10. The molecule has 0 saturated carbocycles. The summed E-state index contributed by atoms with van der Waals surface area (Å²) in [5, 5.41) is 0. The van der Waals surface area contributed by atoms with Crippen LogP contribution in [0.2, 0.25) is 0 Å². The average molecular weight is 154 g/mol. The van der Waals surface area contributed by atoms with Crippen LogP contribution >= 0.6 is 0 Å². The van der Waals surface area contributed by atoms with Gasteiger partial charge >= 0.3 is 0 Å². The molecule has 0 spiro atoms. The fraction of sp³-hybridized carbons (Fsp3) is 0.727. The fourth-order valence-corrected chi connectivity index (χ4v) is 0.463. The van der Waals surface area contributed by atoms with Gasteiger partial charge in [-0.25, -0.2) is 0 Å². The third kappa shape index (κ3) is 17.7. The van der Waals surface area contributed by atoms with E-state index in [0.717, 1.165) is 6.42 Å². The number of unbranched alkanes of at least 4 members (excludes halogenated alkanes) is 1. The van der Waals surface area contributed by atoms with Crippen molar-refractivity contribution >= 4 is 0 Å². The largest absolute Gasteiger partial charge is 0.130 e. The van der Waals surface area contributed by atoms with Crippen molar-refractivity contribution in [1.82, 2.24) is 0 Å². The van der Waals surface area contributed by atoms with Crippen molar-refractivity contribution in [3.63, 3.8) is 0 Å². The molecule has 0 saturated heterocycles. The predicted octanol–water partition coefficient (Wildman–Crippen LogP) is 4.32. The van der Waals surface area contributed by atoms with Gasteiger partial charge in [0.05, 0.1) is 0 Å². The molecule has 66 valence electrons. The van der Waals surface area contributed by atoms with Crippen molar-refractivity contribution < 1.29 is 0 Å². The van der Waals surface area contributed by atoms with E-state index >= 15 is 0 Å². The van der Waals surface area contributed by atoms with Gasteiger partial charge in [-0.05, 0) is 18.9 Å². The maximum atomic E-state index is 3.52. The van der Waals surface area contributed by atoms with Gasteiger partial charge in [0, 0.05) is 0 Å². The van der Waals surface area contributed by atoms with Crippen LogP contribution < -0.4 is 0 Å². The molecule has 0 aromatic heterocycles. The van der Waals surface area contributed by atoms with Crippen LogP contribution in [-0.4, -0.2) is 0 Å². The molecule has 0 aliphatic carbocycles. The molecule has 0 radical (unpaired) electrons. The Kier molecular flexibility index (Phi) is 14.6. The molecule has 0 aromatic rings. The van der Waals surface area contributed by atoms with E-state index in [1.807, 2.05) is 0 Å². The van der Waals surface area contributed by atoms with Crippen LogP contribution in [0.1, 0.15) is 53.4 Å². The molecule has 11 heavy (non-hydrogen) atoms.